The van der Waals surface area contributed by atoms with E-state index in [4.69, 9.17) is 0 Å². The Hall–Kier alpha value is -10.5. The van der Waals surface area contributed by atoms with E-state index in [9.17, 15) is 53.1 Å². The molecule has 0 saturated carbocycles. The van der Waals surface area contributed by atoms with E-state index in [1.807, 2.05) is 243 Å². The van der Waals surface area contributed by atoms with Crippen molar-refractivity contribution in [3.8, 4) is 0 Å². The Labute approximate surface area is 554 Å². The van der Waals surface area contributed by atoms with Crippen LogP contribution < -0.4 is 0 Å². The van der Waals surface area contributed by atoms with E-state index in [0.29, 0.717) is 18.6 Å². The number of carbonyl (C=O) groups is 10. The van der Waals surface area contributed by atoms with Gasteiger partial charge in [0.05, 0.1) is 24.2 Å². The third-order valence-electron chi connectivity index (χ3n) is 10.7. The lowest BCUT2D eigenvalue weighted by Crippen LogP contribution is -2.06. The number of ether oxygens (including phenoxy) is 1. The molecule has 0 fully saturated rings. The van der Waals surface area contributed by atoms with E-state index in [0.717, 1.165) is 51.5 Å². The molecule has 12 heteroatoms. The fraction of sp³-hybridized carbons (Fsp3) is 0.235. The standard InChI is InChI=1S/C26H22O2.2C12H12O2.2C7H6O.C5H8O2.C4H8O2.4C2H6/c27-25(18-16-21-10-4-1-5-11-21)24(20-23-14-8-3-9-15-23)26(28)19-17-22-12-6-2-7-13-22;2*1-9(13)12(10(2)14)8-11-6-4-3-5-7-11;2*8-6-7-4-2-1-3-5-7;1-4(6)3-5(2)7;1-3-6-4(2)5;4*1-2/h1-19,27H,20H2;2*3-8H,1-2H3;2*1-6H;3H2,1-2H3;3H2,1-2H3;4*1-2H3/b18-16+,19-17+,25-24-;;;;;;;;;;. The number of aliphatic hydroxyl groups is 1. The van der Waals surface area contributed by atoms with E-state index >= 15 is 0 Å². The summed E-state index contributed by atoms with van der Waals surface area (Å²) in [7, 11) is 0. The molecule has 7 rings (SSSR count). The van der Waals surface area contributed by atoms with Crippen molar-refractivity contribution in [2.45, 2.75) is 124 Å². The van der Waals surface area contributed by atoms with Gasteiger partial charge in [0, 0.05) is 30.0 Å². The van der Waals surface area contributed by atoms with Gasteiger partial charge >= 0.3 is 5.97 Å². The van der Waals surface area contributed by atoms with E-state index in [2.05, 4.69) is 4.74 Å². The number of aliphatic hydroxyl groups excluding tert-OH is 1. The second-order valence-electron chi connectivity index (χ2n) is 18.1. The normalized spacial score (nSPS) is 9.33. The van der Waals surface area contributed by atoms with Crippen molar-refractivity contribution in [1.82, 2.24) is 0 Å². The fourth-order valence-electron chi connectivity index (χ4n) is 6.73. The van der Waals surface area contributed by atoms with Gasteiger partial charge in [-0.3, -0.25) is 47.9 Å². The summed E-state index contributed by atoms with van der Waals surface area (Å²) >= 11 is 0. The third-order valence-corrected chi connectivity index (χ3v) is 10.7. The van der Waals surface area contributed by atoms with Crippen molar-refractivity contribution in [3.63, 3.8) is 0 Å². The molecule has 1 N–H and O–H groups in total. The van der Waals surface area contributed by atoms with Crippen LogP contribution in [-0.2, 0) is 49.5 Å². The summed E-state index contributed by atoms with van der Waals surface area (Å²) in [5.41, 5.74) is 6.92. The van der Waals surface area contributed by atoms with Gasteiger partial charge in [-0.1, -0.05) is 280 Å². The number of esters is 1. The highest BCUT2D eigenvalue weighted by atomic mass is 16.5. The first-order valence-electron chi connectivity index (χ1n) is 30.9. The topological polar surface area (TPSA) is 200 Å². The van der Waals surface area contributed by atoms with Crippen LogP contribution in [0, 0.1) is 0 Å². The van der Waals surface area contributed by atoms with Crippen molar-refractivity contribution in [3.05, 3.63) is 286 Å². The van der Waals surface area contributed by atoms with E-state index in [1.165, 1.54) is 54.5 Å². The lowest BCUT2D eigenvalue weighted by molar-refractivity contribution is -0.140. The van der Waals surface area contributed by atoms with Crippen LogP contribution in [0.2, 0.25) is 0 Å². The number of Topliss-reactive ketones (excluding diaryl/α,β-unsaturated/α-hetero) is 6. The van der Waals surface area contributed by atoms with Crippen LogP contribution >= 0.6 is 0 Å². The number of benzene rings is 7. The molecule has 0 saturated heterocycles. The van der Waals surface area contributed by atoms with Gasteiger partial charge in [-0.25, -0.2) is 0 Å². The lowest BCUT2D eigenvalue weighted by Gasteiger charge is -2.07. The minimum absolute atomic E-state index is 0.0181. The molecule has 93 heavy (non-hydrogen) atoms. The molecule has 0 amide bonds. The third kappa shape index (κ3) is 49.1. The quantitative estimate of drug-likeness (QED) is 0.0162. The van der Waals surface area contributed by atoms with Crippen LogP contribution in [0.15, 0.2) is 247 Å². The molecule has 7 aromatic rings. The van der Waals surface area contributed by atoms with Crippen LogP contribution in [0.25, 0.3) is 24.3 Å². The Morgan fingerprint density at radius 2 is 0.624 bits per heavy atom. The van der Waals surface area contributed by atoms with Crippen molar-refractivity contribution >= 4 is 83.3 Å². The molecule has 0 aliphatic rings. The number of carbonyl (C=O) groups excluding carboxylic acids is 10. The molecular formula is C81H98O12. The number of ketones is 7. The van der Waals surface area contributed by atoms with Gasteiger partial charge in [-0.15, -0.1) is 0 Å². The summed E-state index contributed by atoms with van der Waals surface area (Å²) in [6, 6.07) is 65.8. The summed E-state index contributed by atoms with van der Waals surface area (Å²) in [6.07, 6.45) is 12.0. The van der Waals surface area contributed by atoms with Crippen LogP contribution in [0.5, 0.6) is 0 Å². The first-order valence-corrected chi connectivity index (χ1v) is 30.9. The second kappa shape index (κ2) is 60.5. The Kier molecular flexibility index (Phi) is 57.8. The Morgan fingerprint density at radius 1 is 0.366 bits per heavy atom. The van der Waals surface area contributed by atoms with Gasteiger partial charge in [-0.2, -0.15) is 0 Å². The molecule has 7 aromatic carbocycles. The molecule has 494 valence electrons. The minimum Gasteiger partial charge on any atom is -0.508 e. The van der Waals surface area contributed by atoms with Gasteiger partial charge in [-0.05, 0) is 101 Å². The Morgan fingerprint density at radius 3 is 0.839 bits per heavy atom. The first kappa shape index (κ1) is 89.0. The number of aldehydes is 2. The predicted molar refractivity (Wildman–Crippen MR) is 385 cm³/mol. The molecule has 0 aliphatic heterocycles. The molecule has 0 unspecified atom stereocenters. The van der Waals surface area contributed by atoms with E-state index in [-0.39, 0.29) is 69.8 Å². The largest absolute Gasteiger partial charge is 0.508 e. The maximum Gasteiger partial charge on any atom is 0.302 e. The highest BCUT2D eigenvalue weighted by molar-refractivity contribution is 6.22. The van der Waals surface area contributed by atoms with Gasteiger partial charge in [0.1, 0.15) is 29.9 Å². The zero-order chi connectivity index (χ0) is 71.2. The van der Waals surface area contributed by atoms with Gasteiger partial charge in [0.15, 0.2) is 28.9 Å². The minimum atomic E-state index is -0.211. The van der Waals surface area contributed by atoms with Gasteiger partial charge in [0.25, 0.3) is 0 Å². The Bertz CT molecular complexity index is 3160. The van der Waals surface area contributed by atoms with Crippen LogP contribution in [0.1, 0.15) is 166 Å². The van der Waals surface area contributed by atoms with Crippen LogP contribution in [-0.4, -0.2) is 70.7 Å². The Balaban J connectivity index is -0.000000523. The maximum absolute atomic E-state index is 12.8. The van der Waals surface area contributed by atoms with Crippen molar-refractivity contribution in [1.29, 1.82) is 0 Å². The highest BCUT2D eigenvalue weighted by Crippen LogP contribution is 2.17. The second-order valence-corrected chi connectivity index (χ2v) is 18.1. The van der Waals surface area contributed by atoms with E-state index < -0.39 is 0 Å². The van der Waals surface area contributed by atoms with Crippen LogP contribution in [0.3, 0.4) is 0 Å². The van der Waals surface area contributed by atoms with Crippen LogP contribution in [0.4, 0.5) is 0 Å². The summed E-state index contributed by atoms with van der Waals surface area (Å²) in [5, 5.41) is 10.6. The maximum atomic E-state index is 12.8. The zero-order valence-corrected chi connectivity index (χ0v) is 57.4. The van der Waals surface area contributed by atoms with Crippen molar-refractivity contribution < 1.29 is 57.8 Å². The number of hydrogen-bond acceptors (Lipinski definition) is 12. The van der Waals surface area contributed by atoms with Crippen molar-refractivity contribution in [2.24, 2.45) is 0 Å². The van der Waals surface area contributed by atoms with Gasteiger partial charge < -0.3 is 9.84 Å². The van der Waals surface area contributed by atoms with Gasteiger partial charge in [0.2, 0.25) is 0 Å². The van der Waals surface area contributed by atoms with Crippen molar-refractivity contribution in [2.75, 3.05) is 6.61 Å². The average Bonchev–Trinajstić information content (AvgIpc) is 3.61. The molecule has 0 aromatic heterocycles. The first-order chi connectivity index (χ1) is 44.7. The SMILES string of the molecule is CC.CC.CC.CC.CC(=O)C(=Cc1ccccc1)C(C)=O.CC(=O)C(=Cc1ccccc1)C(C)=O.CC(=O)CC(C)=O.CCOC(C)=O.O=C(/C=C/c1ccccc1)/C(Cc1ccccc1)=C(O)/C=C/c1ccccc1.O=Cc1ccccc1.O=Cc1ccccc1. The monoisotopic (exact) mass is 1260 g/mol. The average molecular weight is 1260 g/mol. The fourth-order valence-corrected chi connectivity index (χ4v) is 6.73. The summed E-state index contributed by atoms with van der Waals surface area (Å²) in [6.45, 7) is 28.1. The predicted octanol–water partition coefficient (Wildman–Crippen LogP) is 18.8. The summed E-state index contributed by atoms with van der Waals surface area (Å²) in [5.74, 6) is -1.33. The molecule has 0 bridgehead atoms. The molecular weight excluding hydrogens is 1160 g/mol. The summed E-state index contributed by atoms with van der Waals surface area (Å²) < 4.78 is 4.40. The molecule has 0 heterocycles. The molecule has 0 aliphatic carbocycles. The highest BCUT2D eigenvalue weighted by Gasteiger charge is 2.13. The summed E-state index contributed by atoms with van der Waals surface area (Å²) in [4.78, 5) is 107. The number of rotatable bonds is 18. The number of allylic oxidation sites excluding steroid dienone is 5. The number of hydrogen-bond donors (Lipinski definition) is 1. The molecule has 12 nitrogen and oxygen atoms in total. The molecule has 0 spiro atoms. The molecule has 0 atom stereocenters. The zero-order valence-electron chi connectivity index (χ0n) is 57.4. The lowest BCUT2D eigenvalue weighted by atomic mass is 9.99. The smallest absolute Gasteiger partial charge is 0.302 e. The molecule has 0 radical (unpaired) electrons. The van der Waals surface area contributed by atoms with E-state index in [1.54, 1.807) is 61.6 Å².